The van der Waals surface area contributed by atoms with Crippen LogP contribution in [0.3, 0.4) is 0 Å². The molecule has 14 heteroatoms. The molecule has 1 amide bonds. The molecule has 2 aliphatic rings. The number of carboxylic acid groups (broad SMARTS) is 1. The number of anilines is 1. The van der Waals surface area contributed by atoms with Gasteiger partial charge >= 0.3 is 6.09 Å². The monoisotopic (exact) mass is 580 g/mol. The van der Waals surface area contributed by atoms with Crippen molar-refractivity contribution in [3.63, 3.8) is 0 Å². The molecule has 0 saturated carbocycles. The molecule has 40 heavy (non-hydrogen) atoms. The molecule has 2 aliphatic heterocycles. The van der Waals surface area contributed by atoms with Crippen LogP contribution in [-0.2, 0) is 0 Å². The van der Waals surface area contributed by atoms with E-state index in [0.29, 0.717) is 37.5 Å². The first kappa shape index (κ1) is 26.3. The Morgan fingerprint density at radius 2 is 2.02 bits per heavy atom. The molecular formula is C26H25FN8O3S2. The van der Waals surface area contributed by atoms with Gasteiger partial charge in [-0.3, -0.25) is 10.4 Å². The molecule has 2 N–H and O–H groups in total. The van der Waals surface area contributed by atoms with Crippen molar-refractivity contribution in [2.24, 2.45) is 10.9 Å². The largest absolute Gasteiger partial charge is 0.465 e. The van der Waals surface area contributed by atoms with Crippen molar-refractivity contribution in [3.05, 3.63) is 66.4 Å². The fourth-order valence-corrected chi connectivity index (χ4v) is 6.39. The number of hydrogen-bond donors (Lipinski definition) is 2. The number of rotatable bonds is 7. The van der Waals surface area contributed by atoms with Gasteiger partial charge in [0.25, 0.3) is 0 Å². The Bertz CT molecular complexity index is 1580. The second kappa shape index (κ2) is 11.3. The lowest BCUT2D eigenvalue weighted by atomic mass is 9.94. The predicted molar refractivity (Wildman–Crippen MR) is 150 cm³/mol. The lowest BCUT2D eigenvalue weighted by Crippen LogP contribution is -2.44. The maximum atomic E-state index is 14.6. The molecule has 3 aromatic heterocycles. The normalized spacial score (nSPS) is 17.9. The van der Waals surface area contributed by atoms with Crippen LogP contribution in [0.1, 0.15) is 18.5 Å². The van der Waals surface area contributed by atoms with Crippen LogP contribution in [0.5, 0.6) is 11.5 Å². The summed E-state index contributed by atoms with van der Waals surface area (Å²) in [6.07, 6.45) is 3.69. The van der Waals surface area contributed by atoms with Gasteiger partial charge in [-0.2, -0.15) is 5.10 Å². The molecule has 11 nitrogen and oxygen atoms in total. The van der Waals surface area contributed by atoms with E-state index < -0.39 is 11.9 Å². The number of hydrazine groups is 1. The van der Waals surface area contributed by atoms with E-state index in [-0.39, 0.29) is 17.8 Å². The average Bonchev–Trinajstić information content (AvgIpc) is 3.61. The Morgan fingerprint density at radius 1 is 1.20 bits per heavy atom. The summed E-state index contributed by atoms with van der Waals surface area (Å²) in [5.41, 5.74) is 6.65. The molecule has 0 radical (unpaired) electrons. The fourth-order valence-electron chi connectivity index (χ4n) is 4.65. The quantitative estimate of drug-likeness (QED) is 0.213. The van der Waals surface area contributed by atoms with Gasteiger partial charge in [-0.1, -0.05) is 23.9 Å². The predicted octanol–water partition coefficient (Wildman–Crippen LogP) is 5.55. The van der Waals surface area contributed by atoms with Crippen LogP contribution in [-0.4, -0.2) is 64.9 Å². The highest BCUT2D eigenvalue weighted by Crippen LogP contribution is 2.38. The van der Waals surface area contributed by atoms with Crippen LogP contribution in [0.15, 0.2) is 69.8 Å². The van der Waals surface area contributed by atoms with Crippen LogP contribution in [0.2, 0.25) is 0 Å². The van der Waals surface area contributed by atoms with Gasteiger partial charge in [-0.25, -0.2) is 23.7 Å². The van der Waals surface area contributed by atoms with Gasteiger partial charge in [0, 0.05) is 47.9 Å². The number of fused-ring (bicyclic) bond motifs is 1. The molecule has 1 fully saturated rings. The summed E-state index contributed by atoms with van der Waals surface area (Å²) in [5.74, 6) is 0.480. The van der Waals surface area contributed by atoms with Crippen molar-refractivity contribution in [2.45, 2.75) is 35.9 Å². The summed E-state index contributed by atoms with van der Waals surface area (Å²) in [7, 11) is 0. The van der Waals surface area contributed by atoms with Crippen molar-refractivity contribution in [2.75, 3.05) is 18.5 Å². The number of ether oxygens (including phenoxy) is 1. The molecule has 1 aromatic carbocycles. The Morgan fingerprint density at radius 3 is 2.83 bits per heavy atom. The number of carbonyl (C=O) groups is 1. The van der Waals surface area contributed by atoms with Crippen molar-refractivity contribution < 1.29 is 19.0 Å². The first-order chi connectivity index (χ1) is 19.4. The van der Waals surface area contributed by atoms with Gasteiger partial charge in [0.15, 0.2) is 28.8 Å². The first-order valence-electron chi connectivity index (χ1n) is 12.6. The summed E-state index contributed by atoms with van der Waals surface area (Å²) < 4.78 is 24.2. The Hall–Kier alpha value is -3.88. The second-order valence-electron chi connectivity index (χ2n) is 9.31. The zero-order chi connectivity index (χ0) is 27.6. The van der Waals surface area contributed by atoms with E-state index in [1.807, 2.05) is 23.5 Å². The molecule has 0 spiro atoms. The Kier molecular flexibility index (Phi) is 7.45. The lowest BCUT2D eigenvalue weighted by Gasteiger charge is -2.35. The van der Waals surface area contributed by atoms with Gasteiger partial charge in [0.2, 0.25) is 0 Å². The smallest absolute Gasteiger partial charge is 0.407 e. The minimum absolute atomic E-state index is 0.0756. The van der Waals surface area contributed by atoms with Crippen LogP contribution >= 0.6 is 23.7 Å². The van der Waals surface area contributed by atoms with Gasteiger partial charge in [0.1, 0.15) is 11.2 Å². The maximum Gasteiger partial charge on any atom is 0.407 e. The van der Waals surface area contributed by atoms with E-state index >= 15 is 0 Å². The number of halogens is 1. The van der Waals surface area contributed by atoms with Gasteiger partial charge in [0.05, 0.1) is 11.7 Å². The Labute approximate surface area is 237 Å². The number of nitrogens with zero attached hydrogens (tertiary/aromatic N) is 7. The highest BCUT2D eigenvalue weighted by molar-refractivity contribution is 8.10. The van der Waals surface area contributed by atoms with Crippen molar-refractivity contribution in [3.8, 4) is 11.5 Å². The lowest BCUT2D eigenvalue weighted by molar-refractivity contribution is 0.112. The summed E-state index contributed by atoms with van der Waals surface area (Å²) in [5, 5.41) is 14.5. The fraction of sp³-hybridized carbons (Fsp3) is 0.269. The molecule has 6 rings (SSSR count). The number of piperidine rings is 1. The average molecular weight is 581 g/mol. The molecule has 1 unspecified atom stereocenters. The van der Waals surface area contributed by atoms with Gasteiger partial charge < -0.3 is 14.7 Å². The van der Waals surface area contributed by atoms with Crippen LogP contribution < -0.4 is 10.2 Å². The van der Waals surface area contributed by atoms with Gasteiger partial charge in [-0.15, -0.1) is 4.41 Å². The highest BCUT2D eigenvalue weighted by Gasteiger charge is 2.35. The number of benzene rings is 1. The summed E-state index contributed by atoms with van der Waals surface area (Å²) in [4.78, 5) is 27.3. The minimum Gasteiger partial charge on any atom is -0.465 e. The molecule has 206 valence electrons. The van der Waals surface area contributed by atoms with Crippen molar-refractivity contribution in [1.29, 1.82) is 0 Å². The molecule has 1 saturated heterocycles. The number of hydrogen-bond acceptors (Lipinski definition) is 10. The number of pyridine rings is 1. The molecule has 0 aliphatic carbocycles. The topological polar surface area (TPSA) is 120 Å². The van der Waals surface area contributed by atoms with Crippen molar-refractivity contribution >= 4 is 46.8 Å². The number of nitrogens with one attached hydrogen (secondary N) is 1. The zero-order valence-electron chi connectivity index (χ0n) is 21.3. The number of aromatic nitrogens is 4. The minimum atomic E-state index is -0.898. The number of likely N-dealkylation sites (tertiary alicyclic amines) is 1. The third-order valence-corrected chi connectivity index (χ3v) is 8.33. The van der Waals surface area contributed by atoms with E-state index in [1.54, 1.807) is 46.7 Å². The summed E-state index contributed by atoms with van der Waals surface area (Å²) in [6.45, 7) is 2.86. The number of para-hydroxylation sites is 1. The number of amides is 1. The molecular weight excluding hydrogens is 555 g/mol. The van der Waals surface area contributed by atoms with E-state index in [4.69, 9.17) is 4.74 Å². The van der Waals surface area contributed by atoms with E-state index in [1.165, 1.54) is 34.7 Å². The van der Waals surface area contributed by atoms with Crippen molar-refractivity contribution in [1.82, 2.24) is 28.9 Å². The number of aryl methyl sites for hydroxylation is 1. The Balaban J connectivity index is 1.27. The molecule has 1 atom stereocenters. The van der Waals surface area contributed by atoms with Crippen LogP contribution in [0, 0.1) is 18.7 Å². The van der Waals surface area contributed by atoms with Crippen LogP contribution in [0.25, 0.3) is 5.65 Å². The third kappa shape index (κ3) is 5.55. The molecule has 0 bridgehead atoms. The maximum absolute atomic E-state index is 14.6. The van der Waals surface area contributed by atoms with E-state index in [9.17, 15) is 14.3 Å². The van der Waals surface area contributed by atoms with Crippen LogP contribution in [0.4, 0.5) is 15.0 Å². The molecule has 5 heterocycles. The third-order valence-electron chi connectivity index (χ3n) is 6.62. The molecule has 4 aromatic rings. The summed E-state index contributed by atoms with van der Waals surface area (Å²) in [6, 6.07) is 11.8. The highest BCUT2D eigenvalue weighted by atomic mass is 32.2. The zero-order valence-corrected chi connectivity index (χ0v) is 23.0. The SMILES string of the molecule is Cc1cc(Sc2cnc(NN3SC=NC3C3CCN(C(=O)O)CC3)c(Oc3ccccc3F)c2)n2nccc2n1. The number of aliphatic imine (C=N–C) groups is 1. The first-order valence-corrected chi connectivity index (χ1v) is 14.2. The van der Waals surface area contributed by atoms with E-state index in [2.05, 4.69) is 25.5 Å². The standard InChI is InChI=1S/C26H25FN8O3S2/c1-16-12-23(34-22(31-16)6-9-30-34)40-18-13-21(38-20-5-3-2-4-19(20)27)24(28-14-18)32-35-25(29-15-39-35)17-7-10-33(11-8-17)26(36)37/h2-6,9,12-15,17,25H,7-8,10-11H2,1H3,(H,28,32)(H,36,37). The second-order valence-corrected chi connectivity index (χ2v) is 11.2. The summed E-state index contributed by atoms with van der Waals surface area (Å²) >= 11 is 2.82. The van der Waals surface area contributed by atoms with Gasteiger partial charge in [-0.05, 0) is 49.9 Å². The van der Waals surface area contributed by atoms with E-state index in [0.717, 1.165) is 21.3 Å².